The summed E-state index contributed by atoms with van der Waals surface area (Å²) in [6.45, 7) is 9.21. The molecular weight excluding hydrogens is 603 g/mol. The third-order valence-electron chi connectivity index (χ3n) is 6.93. The van der Waals surface area contributed by atoms with Crippen LogP contribution in [0, 0.1) is 0 Å². The van der Waals surface area contributed by atoms with Crippen molar-refractivity contribution in [1.29, 1.82) is 0 Å². The molecule has 4 N–H and O–H groups in total. The first-order valence-electron chi connectivity index (χ1n) is 14.1. The van der Waals surface area contributed by atoms with Crippen LogP contribution in [0.15, 0.2) is 36.7 Å². The summed E-state index contributed by atoms with van der Waals surface area (Å²) in [5, 5.41) is 13.3. The van der Waals surface area contributed by atoms with Gasteiger partial charge in [-0.3, -0.25) is 13.9 Å². The van der Waals surface area contributed by atoms with Crippen LogP contribution >= 0.6 is 7.75 Å². The molecule has 0 amide bonds. The zero-order valence-electron chi connectivity index (χ0n) is 25.3. The molecule has 1 aliphatic heterocycles. The molecule has 0 aliphatic carbocycles. The third-order valence-corrected chi connectivity index (χ3v) is 8.55. The van der Waals surface area contributed by atoms with Crippen molar-refractivity contribution in [1.82, 2.24) is 24.6 Å². The fourth-order valence-electron chi connectivity index (χ4n) is 4.70. The summed E-state index contributed by atoms with van der Waals surface area (Å²) in [5.74, 6) is -3.70. The Bertz CT molecular complexity index is 1510. The number of nitrogens with one attached hydrogen (secondary N) is 1. The van der Waals surface area contributed by atoms with Crippen molar-refractivity contribution in [2.24, 2.45) is 0 Å². The van der Waals surface area contributed by atoms with E-state index >= 15 is 8.78 Å². The van der Waals surface area contributed by atoms with E-state index in [2.05, 4.69) is 20.0 Å². The van der Waals surface area contributed by atoms with Gasteiger partial charge in [0.25, 0.3) is 5.85 Å². The number of aliphatic hydroxyl groups excluding tert-OH is 1. The van der Waals surface area contributed by atoms with Gasteiger partial charge in [-0.25, -0.2) is 18.3 Å². The van der Waals surface area contributed by atoms with Crippen molar-refractivity contribution in [2.45, 2.75) is 77.5 Å². The molecule has 1 aliphatic rings. The summed E-state index contributed by atoms with van der Waals surface area (Å²) in [7, 11) is -4.57. The first-order valence-corrected chi connectivity index (χ1v) is 15.6. The number of imidazole rings is 1. The quantitative estimate of drug-likeness (QED) is 0.182. The fourth-order valence-corrected chi connectivity index (χ4v) is 6.21. The normalized spacial score (nSPS) is 25.6. The number of anilines is 2. The van der Waals surface area contributed by atoms with Crippen molar-refractivity contribution in [2.75, 3.05) is 30.3 Å². The SMILES string of the molecule is CCN(CC)c1nc(N)nc2c1ncn2[C@@H]1O[C@](F)(CO[P@@](=O)(N[C@@H](C)C(=O)OC(C)C)Oc2ccccc2)[C@@H](O)[C@@]1(C)F. The summed E-state index contributed by atoms with van der Waals surface area (Å²) in [5.41, 5.74) is 3.47. The number of benzene rings is 1. The van der Waals surface area contributed by atoms with E-state index < -0.39 is 56.3 Å². The van der Waals surface area contributed by atoms with Crippen molar-refractivity contribution in [3.05, 3.63) is 36.7 Å². The van der Waals surface area contributed by atoms with Crippen LogP contribution in [0.1, 0.15) is 47.8 Å². The summed E-state index contributed by atoms with van der Waals surface area (Å²) < 4.78 is 68.9. The summed E-state index contributed by atoms with van der Waals surface area (Å²) in [4.78, 5) is 27.0. The molecule has 1 fully saturated rings. The minimum atomic E-state index is -4.57. The van der Waals surface area contributed by atoms with E-state index in [1.807, 2.05) is 18.7 Å². The van der Waals surface area contributed by atoms with Crippen LogP contribution in [0.4, 0.5) is 20.5 Å². The second-order valence-corrected chi connectivity index (χ2v) is 12.4. The second kappa shape index (κ2) is 12.9. The number of rotatable bonds is 13. The van der Waals surface area contributed by atoms with Gasteiger partial charge in [0.15, 0.2) is 35.0 Å². The lowest BCUT2D eigenvalue weighted by Gasteiger charge is -2.28. The van der Waals surface area contributed by atoms with E-state index in [9.17, 15) is 14.5 Å². The molecule has 3 aromatic rings. The maximum Gasteiger partial charge on any atom is 0.459 e. The first-order chi connectivity index (χ1) is 20.6. The molecule has 242 valence electrons. The number of alkyl halides is 2. The third kappa shape index (κ3) is 6.79. The number of esters is 1. The number of hydrogen-bond acceptors (Lipinski definition) is 12. The molecule has 14 nitrogen and oxygen atoms in total. The lowest BCUT2D eigenvalue weighted by Crippen LogP contribution is -2.47. The summed E-state index contributed by atoms with van der Waals surface area (Å²) in [6.07, 6.45) is -3.54. The van der Waals surface area contributed by atoms with Gasteiger partial charge in [-0.2, -0.15) is 15.1 Å². The lowest BCUT2D eigenvalue weighted by molar-refractivity contribution is -0.202. The molecule has 0 saturated carbocycles. The molecule has 6 atom stereocenters. The monoisotopic (exact) mass is 641 g/mol. The first kappa shape index (κ1) is 33.5. The smallest absolute Gasteiger partial charge is 0.459 e. The number of hydrogen-bond donors (Lipinski definition) is 3. The second-order valence-electron chi connectivity index (χ2n) is 10.7. The van der Waals surface area contributed by atoms with Crippen LogP contribution in [0.5, 0.6) is 5.75 Å². The van der Waals surface area contributed by atoms with E-state index in [1.54, 1.807) is 32.0 Å². The van der Waals surface area contributed by atoms with Crippen molar-refractivity contribution >= 4 is 36.6 Å². The maximum atomic E-state index is 16.3. The number of aromatic nitrogens is 4. The Morgan fingerprint density at radius 1 is 1.23 bits per heavy atom. The van der Waals surface area contributed by atoms with E-state index in [0.29, 0.717) is 18.9 Å². The van der Waals surface area contributed by atoms with Gasteiger partial charge in [0, 0.05) is 13.1 Å². The number of para-hydroxylation sites is 1. The molecule has 3 heterocycles. The van der Waals surface area contributed by atoms with Crippen LogP contribution < -0.4 is 20.2 Å². The molecule has 1 aromatic carbocycles. The molecule has 44 heavy (non-hydrogen) atoms. The molecule has 1 saturated heterocycles. The Balaban J connectivity index is 1.63. The minimum absolute atomic E-state index is 0.0443. The highest BCUT2D eigenvalue weighted by Crippen LogP contribution is 2.52. The Hall–Kier alpha value is -3.43. The van der Waals surface area contributed by atoms with Gasteiger partial charge in [0.2, 0.25) is 5.95 Å². The molecule has 0 bridgehead atoms. The minimum Gasteiger partial charge on any atom is -0.462 e. The average molecular weight is 642 g/mol. The Kier molecular flexibility index (Phi) is 9.81. The lowest BCUT2D eigenvalue weighted by atomic mass is 9.97. The van der Waals surface area contributed by atoms with Gasteiger partial charge in [-0.1, -0.05) is 18.2 Å². The number of carbonyl (C=O) groups is 1. The largest absolute Gasteiger partial charge is 0.462 e. The van der Waals surface area contributed by atoms with Crippen LogP contribution in [0.2, 0.25) is 0 Å². The summed E-state index contributed by atoms with van der Waals surface area (Å²) >= 11 is 0. The zero-order chi connectivity index (χ0) is 32.4. The average Bonchev–Trinajstić information content (AvgIpc) is 3.45. The van der Waals surface area contributed by atoms with Crippen LogP contribution in [-0.2, 0) is 23.4 Å². The van der Waals surface area contributed by atoms with Crippen molar-refractivity contribution < 1.29 is 41.8 Å². The fraction of sp³-hybridized carbons (Fsp3) is 0.556. The predicted molar refractivity (Wildman–Crippen MR) is 157 cm³/mol. The molecule has 0 radical (unpaired) electrons. The highest BCUT2D eigenvalue weighted by Gasteiger charge is 2.65. The standard InChI is InChI=1S/C27H38F2N7O7P/c1-7-35(8-2)20-19-21(33-25(30)32-20)36(15-31-19)24-26(6,28)23(38)27(29,42-24)14-40-44(39,43-18-12-10-9-11-13-18)34-17(5)22(37)41-16(3)4/h9-13,15-17,23-24,38H,7-8,14H2,1-6H3,(H,34,39)(H2,30,32,33)/t17-,23-,24+,26+,27+,44-/m0/s1. The van der Waals surface area contributed by atoms with Gasteiger partial charge in [-0.05, 0) is 53.7 Å². The van der Waals surface area contributed by atoms with Crippen LogP contribution in [0.3, 0.4) is 0 Å². The number of nitrogens with zero attached hydrogens (tertiary/aromatic N) is 5. The molecule has 0 unspecified atom stereocenters. The summed E-state index contributed by atoms with van der Waals surface area (Å²) in [6, 6.07) is 6.55. The van der Waals surface area contributed by atoms with Gasteiger partial charge >= 0.3 is 13.7 Å². The molecular formula is C27H38F2N7O7P. The number of nitrogens with two attached hydrogens (primary N) is 1. The number of halogens is 2. The van der Waals surface area contributed by atoms with E-state index in [-0.39, 0.29) is 22.9 Å². The molecule has 4 rings (SSSR count). The number of fused-ring (bicyclic) bond motifs is 1. The molecule has 2 aromatic heterocycles. The Morgan fingerprint density at radius 3 is 2.50 bits per heavy atom. The zero-order valence-corrected chi connectivity index (χ0v) is 26.2. The van der Waals surface area contributed by atoms with Gasteiger partial charge < -0.3 is 29.7 Å². The maximum absolute atomic E-state index is 16.3. The molecule has 17 heteroatoms. The van der Waals surface area contributed by atoms with E-state index in [0.717, 1.165) is 11.5 Å². The van der Waals surface area contributed by atoms with E-state index in [4.69, 9.17) is 24.3 Å². The van der Waals surface area contributed by atoms with Crippen molar-refractivity contribution in [3.8, 4) is 5.75 Å². The number of ether oxygens (including phenoxy) is 2. The highest BCUT2D eigenvalue weighted by molar-refractivity contribution is 7.52. The number of aliphatic hydroxyl groups is 1. The van der Waals surface area contributed by atoms with Gasteiger partial charge in [0.05, 0.1) is 12.4 Å². The Labute approximate surface area is 253 Å². The number of nitrogen functional groups attached to an aromatic ring is 1. The topological polar surface area (TPSA) is 176 Å². The predicted octanol–water partition coefficient (Wildman–Crippen LogP) is 3.67. The van der Waals surface area contributed by atoms with Gasteiger partial charge in [0.1, 0.15) is 18.4 Å². The Morgan fingerprint density at radius 2 is 1.89 bits per heavy atom. The van der Waals surface area contributed by atoms with Crippen LogP contribution in [-0.4, -0.2) is 80.1 Å². The molecule has 0 spiro atoms. The van der Waals surface area contributed by atoms with E-state index in [1.165, 1.54) is 25.4 Å². The van der Waals surface area contributed by atoms with Crippen LogP contribution in [0.25, 0.3) is 11.2 Å². The van der Waals surface area contributed by atoms with Gasteiger partial charge in [-0.15, -0.1) is 0 Å². The highest BCUT2D eigenvalue weighted by atomic mass is 31.2. The van der Waals surface area contributed by atoms with Crippen molar-refractivity contribution in [3.63, 3.8) is 0 Å². The number of carbonyl (C=O) groups excluding carboxylic acids is 1.